The molecular formula is C13H10ClF2N. The van der Waals surface area contributed by atoms with Crippen LogP contribution in [0.5, 0.6) is 0 Å². The predicted octanol–water partition coefficient (Wildman–Crippen LogP) is 4.18. The Morgan fingerprint density at radius 1 is 1.12 bits per heavy atom. The lowest BCUT2D eigenvalue weighted by atomic mass is 10.0. The molecule has 2 aromatic rings. The van der Waals surface area contributed by atoms with Crippen molar-refractivity contribution in [3.05, 3.63) is 52.6 Å². The molecule has 0 aliphatic rings. The van der Waals surface area contributed by atoms with Crippen LogP contribution in [0.1, 0.15) is 5.56 Å². The summed E-state index contributed by atoms with van der Waals surface area (Å²) in [7, 11) is 0. The summed E-state index contributed by atoms with van der Waals surface area (Å²) in [5.41, 5.74) is 6.54. The minimum Gasteiger partial charge on any atom is -0.394 e. The highest BCUT2D eigenvalue weighted by molar-refractivity contribution is 6.31. The van der Waals surface area contributed by atoms with Crippen LogP contribution in [0.25, 0.3) is 11.1 Å². The number of hydrogen-bond acceptors (Lipinski definition) is 1. The number of hydrogen-bond donors (Lipinski definition) is 1. The molecule has 0 spiro atoms. The largest absolute Gasteiger partial charge is 0.394 e. The molecule has 0 heterocycles. The SMILES string of the molecule is Cc1ccc(-c2ccc(F)c(N)c2F)cc1Cl. The van der Waals surface area contributed by atoms with Gasteiger partial charge in [-0.2, -0.15) is 0 Å². The molecule has 0 fully saturated rings. The van der Waals surface area contributed by atoms with E-state index < -0.39 is 17.3 Å². The number of aryl methyl sites for hydroxylation is 1. The molecule has 4 heteroatoms. The van der Waals surface area contributed by atoms with Gasteiger partial charge in [-0.25, -0.2) is 8.78 Å². The van der Waals surface area contributed by atoms with E-state index in [0.29, 0.717) is 10.6 Å². The van der Waals surface area contributed by atoms with Gasteiger partial charge in [-0.15, -0.1) is 0 Å². The molecule has 2 aromatic carbocycles. The fourth-order valence-corrected chi connectivity index (χ4v) is 1.73. The zero-order valence-corrected chi connectivity index (χ0v) is 9.85. The Labute approximate surface area is 103 Å². The summed E-state index contributed by atoms with van der Waals surface area (Å²) in [5, 5.41) is 0.532. The van der Waals surface area contributed by atoms with Crippen molar-refractivity contribution < 1.29 is 8.78 Å². The lowest BCUT2D eigenvalue weighted by Gasteiger charge is -2.08. The number of nitrogens with two attached hydrogens (primary N) is 1. The van der Waals surface area contributed by atoms with Crippen molar-refractivity contribution in [1.29, 1.82) is 0 Å². The van der Waals surface area contributed by atoms with Crippen LogP contribution in [0.15, 0.2) is 30.3 Å². The van der Waals surface area contributed by atoms with Crippen molar-refractivity contribution in [3.8, 4) is 11.1 Å². The fourth-order valence-electron chi connectivity index (χ4n) is 1.55. The maximum Gasteiger partial charge on any atom is 0.156 e. The first-order chi connectivity index (χ1) is 8.00. The van der Waals surface area contributed by atoms with Crippen LogP contribution in [0, 0.1) is 18.6 Å². The van der Waals surface area contributed by atoms with Crippen LogP contribution in [0.4, 0.5) is 14.5 Å². The highest BCUT2D eigenvalue weighted by atomic mass is 35.5. The third-order valence-corrected chi connectivity index (χ3v) is 3.02. The van der Waals surface area contributed by atoms with E-state index in [9.17, 15) is 8.78 Å². The molecular weight excluding hydrogens is 244 g/mol. The number of anilines is 1. The topological polar surface area (TPSA) is 26.0 Å². The van der Waals surface area contributed by atoms with Gasteiger partial charge in [0.05, 0.1) is 0 Å². The molecule has 0 aliphatic heterocycles. The standard InChI is InChI=1S/C13H10ClF2N/c1-7-2-3-8(6-10(7)14)9-4-5-11(15)13(17)12(9)16/h2-6H,17H2,1H3. The fraction of sp³-hybridized carbons (Fsp3) is 0.0769. The monoisotopic (exact) mass is 253 g/mol. The molecule has 0 aromatic heterocycles. The van der Waals surface area contributed by atoms with E-state index in [1.807, 2.05) is 6.92 Å². The highest BCUT2D eigenvalue weighted by Crippen LogP contribution is 2.30. The van der Waals surface area contributed by atoms with Crippen LogP contribution in [0.2, 0.25) is 5.02 Å². The second kappa shape index (κ2) is 4.34. The van der Waals surface area contributed by atoms with Crippen molar-refractivity contribution in [2.45, 2.75) is 6.92 Å². The van der Waals surface area contributed by atoms with Gasteiger partial charge in [0.1, 0.15) is 11.5 Å². The van der Waals surface area contributed by atoms with E-state index in [1.165, 1.54) is 6.07 Å². The highest BCUT2D eigenvalue weighted by Gasteiger charge is 2.12. The summed E-state index contributed by atoms with van der Waals surface area (Å²) >= 11 is 5.96. The molecule has 2 N–H and O–H groups in total. The molecule has 0 saturated heterocycles. The Kier molecular flexibility index (Phi) is 3.03. The van der Waals surface area contributed by atoms with E-state index in [0.717, 1.165) is 11.6 Å². The van der Waals surface area contributed by atoms with Crippen LogP contribution in [-0.4, -0.2) is 0 Å². The minimum absolute atomic E-state index is 0.241. The third-order valence-electron chi connectivity index (χ3n) is 2.61. The first kappa shape index (κ1) is 11.9. The summed E-state index contributed by atoms with van der Waals surface area (Å²) < 4.78 is 26.8. The Hall–Kier alpha value is -1.61. The van der Waals surface area contributed by atoms with Gasteiger partial charge in [0.2, 0.25) is 0 Å². The average molecular weight is 254 g/mol. The Morgan fingerprint density at radius 2 is 1.82 bits per heavy atom. The van der Waals surface area contributed by atoms with E-state index in [4.69, 9.17) is 17.3 Å². The Balaban J connectivity index is 2.61. The van der Waals surface area contributed by atoms with Crippen LogP contribution in [-0.2, 0) is 0 Å². The van der Waals surface area contributed by atoms with Crippen LogP contribution >= 0.6 is 11.6 Å². The maximum absolute atomic E-state index is 13.8. The molecule has 0 radical (unpaired) electrons. The van der Waals surface area contributed by atoms with E-state index in [1.54, 1.807) is 18.2 Å². The summed E-state index contributed by atoms with van der Waals surface area (Å²) in [6.07, 6.45) is 0. The number of benzene rings is 2. The Morgan fingerprint density at radius 3 is 2.47 bits per heavy atom. The van der Waals surface area contributed by atoms with Gasteiger partial charge < -0.3 is 5.73 Å². The van der Waals surface area contributed by atoms with Gasteiger partial charge in [0.25, 0.3) is 0 Å². The van der Waals surface area contributed by atoms with Crippen LogP contribution < -0.4 is 5.73 Å². The van der Waals surface area contributed by atoms with E-state index in [-0.39, 0.29) is 5.56 Å². The van der Waals surface area contributed by atoms with Gasteiger partial charge in [-0.1, -0.05) is 23.7 Å². The predicted molar refractivity (Wildman–Crippen MR) is 66.0 cm³/mol. The summed E-state index contributed by atoms with van der Waals surface area (Å²) in [6.45, 7) is 1.85. The van der Waals surface area contributed by atoms with Gasteiger partial charge >= 0.3 is 0 Å². The number of rotatable bonds is 1. The zero-order chi connectivity index (χ0) is 12.6. The van der Waals surface area contributed by atoms with E-state index >= 15 is 0 Å². The molecule has 1 nitrogen and oxygen atoms in total. The van der Waals surface area contributed by atoms with Crippen molar-refractivity contribution in [1.82, 2.24) is 0 Å². The smallest absolute Gasteiger partial charge is 0.156 e. The molecule has 0 bridgehead atoms. The lowest BCUT2D eigenvalue weighted by molar-refractivity contribution is 0.594. The van der Waals surface area contributed by atoms with Gasteiger partial charge in [-0.05, 0) is 36.2 Å². The molecule has 0 aliphatic carbocycles. The van der Waals surface area contributed by atoms with Crippen molar-refractivity contribution >= 4 is 17.3 Å². The third kappa shape index (κ3) is 2.11. The molecule has 17 heavy (non-hydrogen) atoms. The van der Waals surface area contributed by atoms with Gasteiger partial charge in [0, 0.05) is 10.6 Å². The second-order valence-corrected chi connectivity index (χ2v) is 4.19. The molecule has 0 saturated carbocycles. The van der Waals surface area contributed by atoms with E-state index in [2.05, 4.69) is 0 Å². The molecule has 0 amide bonds. The summed E-state index contributed by atoms with van der Waals surface area (Å²) in [6, 6.07) is 7.61. The first-order valence-corrected chi connectivity index (χ1v) is 5.38. The average Bonchev–Trinajstić information content (AvgIpc) is 2.30. The van der Waals surface area contributed by atoms with Crippen molar-refractivity contribution in [2.75, 3.05) is 5.73 Å². The zero-order valence-electron chi connectivity index (χ0n) is 9.10. The molecule has 88 valence electrons. The number of nitrogen functional groups attached to an aromatic ring is 1. The lowest BCUT2D eigenvalue weighted by Crippen LogP contribution is -1.97. The summed E-state index contributed by atoms with van der Waals surface area (Å²) in [5.74, 6) is -1.52. The second-order valence-electron chi connectivity index (χ2n) is 3.79. The quantitative estimate of drug-likeness (QED) is 0.758. The minimum atomic E-state index is -0.760. The van der Waals surface area contributed by atoms with Gasteiger partial charge in [-0.3, -0.25) is 0 Å². The molecule has 2 rings (SSSR count). The van der Waals surface area contributed by atoms with Crippen LogP contribution in [0.3, 0.4) is 0 Å². The molecule has 0 unspecified atom stereocenters. The number of halogens is 3. The Bertz CT molecular complexity index is 582. The molecule has 0 atom stereocenters. The first-order valence-electron chi connectivity index (χ1n) is 5.00. The van der Waals surface area contributed by atoms with Gasteiger partial charge in [0.15, 0.2) is 5.82 Å². The summed E-state index contributed by atoms with van der Waals surface area (Å²) in [4.78, 5) is 0. The maximum atomic E-state index is 13.8. The normalized spacial score (nSPS) is 10.6. The van der Waals surface area contributed by atoms with Crippen molar-refractivity contribution in [3.63, 3.8) is 0 Å². The van der Waals surface area contributed by atoms with Crippen molar-refractivity contribution in [2.24, 2.45) is 0 Å².